The summed E-state index contributed by atoms with van der Waals surface area (Å²) in [5.74, 6) is -6.64. The van der Waals surface area contributed by atoms with Crippen LogP contribution >= 0.6 is 0 Å². The number of primary amides is 1. The first-order valence-electron chi connectivity index (χ1n) is 10.5. The van der Waals surface area contributed by atoms with E-state index in [9.17, 15) is 33.9 Å². The van der Waals surface area contributed by atoms with Crippen LogP contribution < -0.4 is 27.4 Å². The van der Waals surface area contributed by atoms with Crippen LogP contribution in [0.1, 0.15) is 24.8 Å². The molecule has 1 rings (SSSR count). The number of aliphatic hydroxyl groups is 1. The number of amides is 4. The van der Waals surface area contributed by atoms with Crippen LogP contribution in [0.3, 0.4) is 0 Å². The van der Waals surface area contributed by atoms with Crippen molar-refractivity contribution in [3.63, 3.8) is 0 Å². The summed E-state index contributed by atoms with van der Waals surface area (Å²) in [5.41, 5.74) is 11.3. The Bertz CT molecular complexity index is 925. The van der Waals surface area contributed by atoms with Crippen LogP contribution in [0.15, 0.2) is 30.3 Å². The molecule has 35 heavy (non-hydrogen) atoms. The number of hydrogen-bond acceptors (Lipinski definition) is 8. The van der Waals surface area contributed by atoms with Crippen LogP contribution in [0, 0.1) is 0 Å². The van der Waals surface area contributed by atoms with Crippen molar-refractivity contribution in [3.8, 4) is 0 Å². The first-order valence-corrected chi connectivity index (χ1v) is 10.5. The summed E-state index contributed by atoms with van der Waals surface area (Å²) in [6, 6.07) is 2.63. The van der Waals surface area contributed by atoms with Crippen molar-refractivity contribution in [1.29, 1.82) is 0 Å². The molecule has 4 unspecified atom stereocenters. The van der Waals surface area contributed by atoms with Crippen molar-refractivity contribution < 1.29 is 44.1 Å². The lowest BCUT2D eigenvalue weighted by Gasteiger charge is -2.24. The van der Waals surface area contributed by atoms with E-state index in [1.807, 2.05) is 0 Å². The molecule has 0 bridgehead atoms. The molecule has 0 aliphatic carbocycles. The third kappa shape index (κ3) is 10.6. The first kappa shape index (κ1) is 29.0. The molecule has 1 aromatic rings. The molecule has 14 heteroatoms. The summed E-state index contributed by atoms with van der Waals surface area (Å²) in [5, 5.41) is 33.8. The van der Waals surface area contributed by atoms with Crippen LogP contribution in [-0.4, -0.2) is 81.7 Å². The zero-order valence-corrected chi connectivity index (χ0v) is 18.7. The Hall–Kier alpha value is -4.04. The summed E-state index contributed by atoms with van der Waals surface area (Å²) in [6.07, 6.45) is -1.75. The number of hydrogen-bond donors (Lipinski definition) is 8. The number of benzene rings is 1. The number of nitrogens with one attached hydrogen (secondary N) is 3. The molecule has 14 nitrogen and oxygen atoms in total. The van der Waals surface area contributed by atoms with Gasteiger partial charge in [-0.15, -0.1) is 0 Å². The minimum atomic E-state index is -1.62. The van der Waals surface area contributed by atoms with Crippen molar-refractivity contribution >= 4 is 35.6 Å². The maximum absolute atomic E-state index is 13.0. The zero-order valence-electron chi connectivity index (χ0n) is 18.7. The second-order valence-electron chi connectivity index (χ2n) is 7.60. The Labute approximate surface area is 200 Å². The summed E-state index contributed by atoms with van der Waals surface area (Å²) >= 11 is 0. The van der Waals surface area contributed by atoms with Gasteiger partial charge in [-0.05, 0) is 12.0 Å². The molecule has 10 N–H and O–H groups in total. The number of aliphatic carboxylic acids is 2. The summed E-state index contributed by atoms with van der Waals surface area (Å²) in [7, 11) is 0. The number of carbonyl (C=O) groups is 6. The number of carboxylic acid groups (broad SMARTS) is 2. The molecule has 0 saturated carbocycles. The molecule has 4 amide bonds. The second-order valence-corrected chi connectivity index (χ2v) is 7.60. The predicted molar refractivity (Wildman–Crippen MR) is 119 cm³/mol. The van der Waals surface area contributed by atoms with E-state index in [-0.39, 0.29) is 6.42 Å². The van der Waals surface area contributed by atoms with Gasteiger partial charge in [0.1, 0.15) is 24.2 Å². The predicted octanol–water partition coefficient (Wildman–Crippen LogP) is -3.17. The van der Waals surface area contributed by atoms with E-state index in [1.54, 1.807) is 30.3 Å². The highest BCUT2D eigenvalue weighted by Crippen LogP contribution is 2.06. The van der Waals surface area contributed by atoms with Crippen LogP contribution in [0.5, 0.6) is 0 Å². The largest absolute Gasteiger partial charge is 0.481 e. The monoisotopic (exact) mass is 495 g/mol. The summed E-state index contributed by atoms with van der Waals surface area (Å²) in [4.78, 5) is 71.4. The molecular weight excluding hydrogens is 466 g/mol. The molecule has 192 valence electrons. The fraction of sp³-hybridized carbons (Fsp3) is 0.429. The average molecular weight is 495 g/mol. The smallest absolute Gasteiger partial charge is 0.326 e. The first-order chi connectivity index (χ1) is 16.4. The van der Waals surface area contributed by atoms with Gasteiger partial charge in [0.05, 0.1) is 13.0 Å². The lowest BCUT2D eigenvalue weighted by atomic mass is 10.0. The van der Waals surface area contributed by atoms with Crippen LogP contribution in [0.2, 0.25) is 0 Å². The standard InChI is InChI=1S/C21H29N5O9/c22-12(10-27)18(31)25-14(8-11-4-2-1-3-5-11)19(32)26-15(9-16(23)28)20(33)24-13(21(34)35)6-7-17(29)30/h1-5,12-15,27H,6-10,22H2,(H2,23,28)(H,24,33)(H,25,31)(H,26,32)(H,29,30)(H,34,35). The minimum Gasteiger partial charge on any atom is -0.481 e. The number of nitrogens with two attached hydrogens (primary N) is 2. The SMILES string of the molecule is NC(=O)CC(NC(=O)C(Cc1ccccc1)NC(=O)C(N)CO)C(=O)NC(CCC(=O)O)C(=O)O. The Kier molecular flexibility index (Phi) is 11.8. The van der Waals surface area contributed by atoms with E-state index < -0.39 is 85.6 Å². The lowest BCUT2D eigenvalue weighted by Crippen LogP contribution is -2.58. The molecule has 0 aromatic heterocycles. The number of rotatable bonds is 15. The highest BCUT2D eigenvalue weighted by Gasteiger charge is 2.31. The molecule has 0 heterocycles. The normalized spacial score (nSPS) is 14.0. The van der Waals surface area contributed by atoms with Gasteiger partial charge in [0, 0.05) is 12.8 Å². The fourth-order valence-corrected chi connectivity index (χ4v) is 2.90. The zero-order chi connectivity index (χ0) is 26.5. The van der Waals surface area contributed by atoms with Gasteiger partial charge in [0.25, 0.3) is 0 Å². The van der Waals surface area contributed by atoms with E-state index >= 15 is 0 Å². The number of aliphatic hydroxyl groups excluding tert-OH is 1. The lowest BCUT2D eigenvalue weighted by molar-refractivity contribution is -0.143. The molecule has 0 spiro atoms. The Morgan fingerprint density at radius 3 is 1.89 bits per heavy atom. The molecule has 0 saturated heterocycles. The van der Waals surface area contributed by atoms with Gasteiger partial charge in [-0.1, -0.05) is 30.3 Å². The molecular formula is C21H29N5O9. The van der Waals surface area contributed by atoms with E-state index in [0.717, 1.165) is 0 Å². The quantitative estimate of drug-likeness (QED) is 0.121. The molecule has 0 aliphatic heterocycles. The van der Waals surface area contributed by atoms with Gasteiger partial charge in [0.2, 0.25) is 23.6 Å². The second kappa shape index (κ2) is 14.3. The Morgan fingerprint density at radius 1 is 0.829 bits per heavy atom. The van der Waals surface area contributed by atoms with Crippen LogP contribution in [0.4, 0.5) is 0 Å². The van der Waals surface area contributed by atoms with Crippen LogP contribution in [0.25, 0.3) is 0 Å². The topological polar surface area (TPSA) is 251 Å². The maximum atomic E-state index is 13.0. The van der Waals surface area contributed by atoms with E-state index in [1.165, 1.54) is 0 Å². The van der Waals surface area contributed by atoms with Crippen molar-refractivity contribution in [2.45, 2.75) is 49.9 Å². The highest BCUT2D eigenvalue weighted by atomic mass is 16.4. The third-order valence-corrected chi connectivity index (χ3v) is 4.75. The van der Waals surface area contributed by atoms with Gasteiger partial charge >= 0.3 is 11.9 Å². The van der Waals surface area contributed by atoms with E-state index in [4.69, 9.17) is 21.7 Å². The van der Waals surface area contributed by atoms with Gasteiger partial charge in [0.15, 0.2) is 0 Å². The fourth-order valence-electron chi connectivity index (χ4n) is 2.90. The molecule has 0 radical (unpaired) electrons. The number of carboxylic acids is 2. The minimum absolute atomic E-state index is 0.0438. The van der Waals surface area contributed by atoms with E-state index in [0.29, 0.717) is 5.56 Å². The van der Waals surface area contributed by atoms with Gasteiger partial charge in [-0.3, -0.25) is 24.0 Å². The number of carbonyl (C=O) groups excluding carboxylic acids is 4. The molecule has 4 atom stereocenters. The van der Waals surface area contributed by atoms with E-state index in [2.05, 4.69) is 16.0 Å². The van der Waals surface area contributed by atoms with Gasteiger partial charge in [-0.25, -0.2) is 4.79 Å². The summed E-state index contributed by atoms with van der Waals surface area (Å²) < 4.78 is 0. The Morgan fingerprint density at radius 2 is 1.37 bits per heavy atom. The Balaban J connectivity index is 3.07. The van der Waals surface area contributed by atoms with Crippen molar-refractivity contribution in [1.82, 2.24) is 16.0 Å². The molecule has 0 aliphatic rings. The highest BCUT2D eigenvalue weighted by molar-refractivity contribution is 5.96. The van der Waals surface area contributed by atoms with Crippen molar-refractivity contribution in [2.75, 3.05) is 6.61 Å². The summed E-state index contributed by atoms with van der Waals surface area (Å²) in [6.45, 7) is -0.689. The maximum Gasteiger partial charge on any atom is 0.326 e. The molecule has 1 aromatic carbocycles. The van der Waals surface area contributed by atoms with Crippen LogP contribution in [-0.2, 0) is 35.2 Å². The van der Waals surface area contributed by atoms with Gasteiger partial charge < -0.3 is 42.7 Å². The van der Waals surface area contributed by atoms with Crippen molar-refractivity contribution in [2.24, 2.45) is 11.5 Å². The third-order valence-electron chi connectivity index (χ3n) is 4.75. The van der Waals surface area contributed by atoms with Gasteiger partial charge in [-0.2, -0.15) is 0 Å². The average Bonchev–Trinajstić information content (AvgIpc) is 2.79. The molecule has 0 fully saturated rings. The van der Waals surface area contributed by atoms with Crippen molar-refractivity contribution in [3.05, 3.63) is 35.9 Å².